The molecule has 0 bridgehead atoms. The highest BCUT2D eigenvalue weighted by atomic mass is 16.5. The van der Waals surface area contributed by atoms with Crippen LogP contribution in [0.3, 0.4) is 0 Å². The second kappa shape index (κ2) is 8.66. The van der Waals surface area contributed by atoms with Crippen molar-refractivity contribution in [1.82, 2.24) is 5.32 Å². The first-order chi connectivity index (χ1) is 10.4. The molecule has 0 saturated heterocycles. The maximum Gasteiger partial charge on any atom is 0.263 e. The molecule has 2 N–H and O–H groups in total. The van der Waals surface area contributed by atoms with Gasteiger partial charge in [0.25, 0.3) is 5.91 Å². The number of unbranched alkanes of at least 4 members (excludes halogenated alkanes) is 3. The Balaban J connectivity index is 2.54. The van der Waals surface area contributed by atoms with Crippen LogP contribution in [0.25, 0.3) is 0 Å². The summed E-state index contributed by atoms with van der Waals surface area (Å²) in [7, 11) is 0. The van der Waals surface area contributed by atoms with Crippen LogP contribution in [0.15, 0.2) is 18.2 Å². The fraction of sp³-hybridized carbons (Fsp3) is 0.611. The minimum absolute atomic E-state index is 0.136. The van der Waals surface area contributed by atoms with Gasteiger partial charge in [0.05, 0.1) is 0 Å². The zero-order chi connectivity index (χ0) is 16.6. The molecule has 1 aromatic carbocycles. The van der Waals surface area contributed by atoms with Crippen molar-refractivity contribution in [2.75, 3.05) is 6.54 Å². The smallest absolute Gasteiger partial charge is 0.263 e. The van der Waals surface area contributed by atoms with Gasteiger partial charge in [-0.05, 0) is 38.3 Å². The van der Waals surface area contributed by atoms with Gasteiger partial charge in [-0.25, -0.2) is 0 Å². The van der Waals surface area contributed by atoms with Gasteiger partial charge in [0.1, 0.15) is 11.5 Å². The molecular formula is C18H29NO3. The van der Waals surface area contributed by atoms with E-state index in [9.17, 15) is 9.90 Å². The third kappa shape index (κ3) is 5.58. The lowest BCUT2D eigenvalue weighted by atomic mass is 10.1. The number of ether oxygens (including phenoxy) is 1. The highest BCUT2D eigenvalue weighted by Gasteiger charge is 2.29. The Morgan fingerprint density at radius 3 is 2.55 bits per heavy atom. The molecule has 0 heterocycles. The summed E-state index contributed by atoms with van der Waals surface area (Å²) in [6.07, 6.45) is 5.25. The van der Waals surface area contributed by atoms with Crippen molar-refractivity contribution < 1.29 is 14.6 Å². The molecule has 0 fully saturated rings. The summed E-state index contributed by atoms with van der Waals surface area (Å²) in [5, 5.41) is 12.8. The summed E-state index contributed by atoms with van der Waals surface area (Å²) in [6.45, 7) is 8.28. The van der Waals surface area contributed by atoms with Crippen molar-refractivity contribution in [2.24, 2.45) is 0 Å². The Labute approximate surface area is 133 Å². The predicted molar refractivity (Wildman–Crippen MR) is 89.3 cm³/mol. The standard InChI is InChI=1S/C18H29NO3/c1-5-7-8-9-12-19-17(21)18(3,4)22-15-11-10-14(6-2)16(20)13-15/h10-11,13,20H,5-9,12H2,1-4H3,(H,19,21). The van der Waals surface area contributed by atoms with Crippen LogP contribution in [0.1, 0.15) is 58.9 Å². The van der Waals surface area contributed by atoms with Crippen LogP contribution in [0, 0.1) is 0 Å². The molecule has 0 spiro atoms. The van der Waals surface area contributed by atoms with E-state index in [1.54, 1.807) is 26.0 Å². The third-order valence-electron chi connectivity index (χ3n) is 3.67. The minimum Gasteiger partial charge on any atom is -0.508 e. The van der Waals surface area contributed by atoms with Crippen LogP contribution in [-0.4, -0.2) is 23.2 Å². The highest BCUT2D eigenvalue weighted by Crippen LogP contribution is 2.26. The molecule has 22 heavy (non-hydrogen) atoms. The number of carbonyl (C=O) groups is 1. The Hall–Kier alpha value is -1.71. The SMILES string of the molecule is CCCCCCNC(=O)C(C)(C)Oc1ccc(CC)c(O)c1. The number of amides is 1. The first-order valence-corrected chi connectivity index (χ1v) is 8.20. The fourth-order valence-electron chi connectivity index (χ4n) is 2.21. The van der Waals surface area contributed by atoms with E-state index in [2.05, 4.69) is 12.2 Å². The first-order valence-electron chi connectivity index (χ1n) is 8.20. The van der Waals surface area contributed by atoms with Crippen LogP contribution in [0.2, 0.25) is 0 Å². The maximum absolute atomic E-state index is 12.2. The van der Waals surface area contributed by atoms with Gasteiger partial charge in [0, 0.05) is 12.6 Å². The van der Waals surface area contributed by atoms with Gasteiger partial charge in [0.15, 0.2) is 5.60 Å². The molecule has 1 aromatic rings. The fourth-order valence-corrected chi connectivity index (χ4v) is 2.21. The predicted octanol–water partition coefficient (Wildman–Crippen LogP) is 3.81. The van der Waals surface area contributed by atoms with Gasteiger partial charge >= 0.3 is 0 Å². The number of aromatic hydroxyl groups is 1. The molecular weight excluding hydrogens is 278 g/mol. The lowest BCUT2D eigenvalue weighted by molar-refractivity contribution is -0.134. The number of aryl methyl sites for hydroxylation is 1. The lowest BCUT2D eigenvalue weighted by Crippen LogP contribution is -2.46. The summed E-state index contributed by atoms with van der Waals surface area (Å²) < 4.78 is 5.75. The van der Waals surface area contributed by atoms with Gasteiger partial charge in [-0.3, -0.25) is 4.79 Å². The normalized spacial score (nSPS) is 11.3. The summed E-state index contributed by atoms with van der Waals surface area (Å²) in [6, 6.07) is 5.17. The van der Waals surface area contributed by atoms with Crippen LogP contribution < -0.4 is 10.1 Å². The van der Waals surface area contributed by atoms with E-state index < -0.39 is 5.60 Å². The summed E-state index contributed by atoms with van der Waals surface area (Å²) in [5.74, 6) is 0.569. The van der Waals surface area contributed by atoms with Gasteiger partial charge in [-0.1, -0.05) is 39.2 Å². The van der Waals surface area contributed by atoms with Gasteiger partial charge in [0.2, 0.25) is 0 Å². The molecule has 0 atom stereocenters. The van der Waals surface area contributed by atoms with E-state index in [1.807, 2.05) is 13.0 Å². The van der Waals surface area contributed by atoms with Crippen LogP contribution in [0.4, 0.5) is 0 Å². The van der Waals surface area contributed by atoms with E-state index in [0.29, 0.717) is 12.3 Å². The summed E-state index contributed by atoms with van der Waals surface area (Å²) in [5.41, 5.74) is -0.101. The Morgan fingerprint density at radius 1 is 1.23 bits per heavy atom. The molecule has 0 aliphatic rings. The number of rotatable bonds is 9. The Bertz CT molecular complexity index is 483. The quantitative estimate of drug-likeness (QED) is 0.682. The van der Waals surface area contributed by atoms with Crippen LogP contribution in [0.5, 0.6) is 11.5 Å². The third-order valence-corrected chi connectivity index (χ3v) is 3.67. The number of nitrogens with one attached hydrogen (secondary N) is 1. The Kier molecular flexibility index (Phi) is 7.22. The van der Waals surface area contributed by atoms with Crippen molar-refractivity contribution in [3.8, 4) is 11.5 Å². The average molecular weight is 307 g/mol. The van der Waals surface area contributed by atoms with Crippen molar-refractivity contribution in [2.45, 2.75) is 65.4 Å². The molecule has 0 unspecified atom stereocenters. The maximum atomic E-state index is 12.2. The number of phenols is 1. The number of hydrogen-bond acceptors (Lipinski definition) is 3. The van der Waals surface area contributed by atoms with E-state index in [4.69, 9.17) is 4.74 Å². The van der Waals surface area contributed by atoms with E-state index in [-0.39, 0.29) is 11.7 Å². The summed E-state index contributed by atoms with van der Waals surface area (Å²) in [4.78, 5) is 12.2. The average Bonchev–Trinajstić information content (AvgIpc) is 2.46. The monoisotopic (exact) mass is 307 g/mol. The number of benzene rings is 1. The molecule has 124 valence electrons. The van der Waals surface area contributed by atoms with Crippen molar-refractivity contribution in [3.63, 3.8) is 0 Å². The van der Waals surface area contributed by atoms with Crippen molar-refractivity contribution >= 4 is 5.91 Å². The molecule has 0 saturated carbocycles. The van der Waals surface area contributed by atoms with Crippen LogP contribution >= 0.6 is 0 Å². The molecule has 0 aliphatic heterocycles. The molecule has 1 amide bonds. The zero-order valence-corrected chi connectivity index (χ0v) is 14.2. The molecule has 0 aliphatic carbocycles. The second-order valence-corrected chi connectivity index (χ2v) is 6.07. The highest BCUT2D eigenvalue weighted by molar-refractivity contribution is 5.84. The van der Waals surface area contributed by atoms with Gasteiger partial charge < -0.3 is 15.2 Å². The number of phenolic OH excluding ortho intramolecular Hbond substituents is 1. The molecule has 0 aromatic heterocycles. The first kappa shape index (κ1) is 18.3. The number of carbonyl (C=O) groups excluding carboxylic acids is 1. The zero-order valence-electron chi connectivity index (χ0n) is 14.2. The van der Waals surface area contributed by atoms with Crippen molar-refractivity contribution in [3.05, 3.63) is 23.8 Å². The molecule has 4 nitrogen and oxygen atoms in total. The van der Waals surface area contributed by atoms with Crippen molar-refractivity contribution in [1.29, 1.82) is 0 Å². The van der Waals surface area contributed by atoms with E-state index >= 15 is 0 Å². The van der Waals surface area contributed by atoms with Gasteiger partial charge in [-0.2, -0.15) is 0 Å². The molecule has 4 heteroatoms. The topological polar surface area (TPSA) is 58.6 Å². The minimum atomic E-state index is -0.967. The van der Waals surface area contributed by atoms with E-state index in [0.717, 1.165) is 24.8 Å². The van der Waals surface area contributed by atoms with E-state index in [1.165, 1.54) is 12.8 Å². The summed E-state index contributed by atoms with van der Waals surface area (Å²) >= 11 is 0. The largest absolute Gasteiger partial charge is 0.508 e. The van der Waals surface area contributed by atoms with Gasteiger partial charge in [-0.15, -0.1) is 0 Å². The molecule has 0 radical (unpaired) electrons. The lowest BCUT2D eigenvalue weighted by Gasteiger charge is -2.25. The second-order valence-electron chi connectivity index (χ2n) is 6.07. The van der Waals surface area contributed by atoms with Crippen LogP contribution in [-0.2, 0) is 11.2 Å². The molecule has 1 rings (SSSR count). The number of hydrogen-bond donors (Lipinski definition) is 2. The Morgan fingerprint density at radius 2 is 1.95 bits per heavy atom.